The van der Waals surface area contributed by atoms with Crippen LogP contribution in [0.4, 0.5) is 4.39 Å². The van der Waals surface area contributed by atoms with Crippen LogP contribution in [0.1, 0.15) is 35.7 Å². The quantitative estimate of drug-likeness (QED) is 0.302. The van der Waals surface area contributed by atoms with Crippen LogP contribution in [-0.4, -0.2) is 20.7 Å². The molecule has 0 fully saturated rings. The Labute approximate surface area is 187 Å². The molecule has 0 aliphatic heterocycles. The summed E-state index contributed by atoms with van der Waals surface area (Å²) in [5.41, 5.74) is 2.10. The van der Waals surface area contributed by atoms with Gasteiger partial charge in [-0.1, -0.05) is 42.5 Å². The molecule has 0 saturated carbocycles. The summed E-state index contributed by atoms with van der Waals surface area (Å²) in [4.78, 5) is 4.66. The van der Waals surface area contributed by atoms with Crippen molar-refractivity contribution in [3.05, 3.63) is 83.2 Å². The van der Waals surface area contributed by atoms with Gasteiger partial charge in [-0.2, -0.15) is 0 Å². The SMILES string of the molecule is Cc1nnc(CNC(=NCc2ccc(F)cc2)NC(C)c2ccccc2)n1C.I. The highest BCUT2D eigenvalue weighted by Gasteiger charge is 2.10. The van der Waals surface area contributed by atoms with Crippen molar-refractivity contribution < 1.29 is 4.39 Å². The number of aliphatic imine (C=N–C) groups is 1. The molecule has 3 aromatic rings. The van der Waals surface area contributed by atoms with Crippen LogP contribution in [0.15, 0.2) is 59.6 Å². The van der Waals surface area contributed by atoms with E-state index in [1.165, 1.54) is 12.1 Å². The zero-order chi connectivity index (χ0) is 19.9. The maximum Gasteiger partial charge on any atom is 0.192 e. The van der Waals surface area contributed by atoms with Crippen molar-refractivity contribution in [2.75, 3.05) is 0 Å². The highest BCUT2D eigenvalue weighted by molar-refractivity contribution is 14.0. The van der Waals surface area contributed by atoms with E-state index >= 15 is 0 Å². The van der Waals surface area contributed by atoms with E-state index in [1.54, 1.807) is 12.1 Å². The van der Waals surface area contributed by atoms with Crippen molar-refractivity contribution in [3.63, 3.8) is 0 Å². The van der Waals surface area contributed by atoms with Crippen molar-refractivity contribution in [1.29, 1.82) is 0 Å². The van der Waals surface area contributed by atoms with Crippen LogP contribution in [-0.2, 0) is 20.1 Å². The number of nitrogens with zero attached hydrogens (tertiary/aromatic N) is 4. The van der Waals surface area contributed by atoms with Gasteiger partial charge in [0.1, 0.15) is 11.6 Å². The van der Waals surface area contributed by atoms with Gasteiger partial charge >= 0.3 is 0 Å². The number of hydrogen-bond acceptors (Lipinski definition) is 3. The molecule has 2 aromatic carbocycles. The third-order valence-electron chi connectivity index (χ3n) is 4.58. The van der Waals surface area contributed by atoms with Gasteiger partial charge in [0, 0.05) is 7.05 Å². The lowest BCUT2D eigenvalue weighted by Crippen LogP contribution is -2.39. The molecule has 0 spiro atoms. The smallest absolute Gasteiger partial charge is 0.192 e. The average Bonchev–Trinajstić information content (AvgIpc) is 3.04. The summed E-state index contributed by atoms with van der Waals surface area (Å²) in [5.74, 6) is 2.08. The zero-order valence-corrected chi connectivity index (χ0v) is 19.1. The van der Waals surface area contributed by atoms with E-state index in [2.05, 4.69) is 44.9 Å². The monoisotopic (exact) mass is 508 g/mol. The Morgan fingerprint density at radius 1 is 1.10 bits per heavy atom. The fourth-order valence-corrected chi connectivity index (χ4v) is 2.71. The number of halogens is 2. The summed E-state index contributed by atoms with van der Waals surface area (Å²) in [6.07, 6.45) is 0. The minimum atomic E-state index is -0.250. The maximum absolute atomic E-state index is 13.1. The van der Waals surface area contributed by atoms with E-state index in [-0.39, 0.29) is 35.8 Å². The molecular formula is C21H26FIN6. The Kier molecular flexibility index (Phi) is 8.56. The molecule has 6 nitrogen and oxygen atoms in total. The molecule has 1 atom stereocenters. The second-order valence-corrected chi connectivity index (χ2v) is 6.64. The normalized spacial score (nSPS) is 12.2. The van der Waals surface area contributed by atoms with Gasteiger partial charge < -0.3 is 15.2 Å². The second kappa shape index (κ2) is 10.9. The highest BCUT2D eigenvalue weighted by Crippen LogP contribution is 2.11. The van der Waals surface area contributed by atoms with E-state index in [4.69, 9.17) is 0 Å². The molecule has 29 heavy (non-hydrogen) atoms. The summed E-state index contributed by atoms with van der Waals surface area (Å²) in [6.45, 7) is 4.93. The summed E-state index contributed by atoms with van der Waals surface area (Å²) in [5, 5.41) is 15.0. The van der Waals surface area contributed by atoms with Gasteiger partial charge in [0.2, 0.25) is 0 Å². The summed E-state index contributed by atoms with van der Waals surface area (Å²) in [6, 6.07) is 16.6. The van der Waals surface area contributed by atoms with E-state index in [0.29, 0.717) is 19.0 Å². The highest BCUT2D eigenvalue weighted by atomic mass is 127. The number of aromatic nitrogens is 3. The number of benzene rings is 2. The second-order valence-electron chi connectivity index (χ2n) is 6.64. The van der Waals surface area contributed by atoms with Crippen molar-refractivity contribution in [1.82, 2.24) is 25.4 Å². The predicted molar refractivity (Wildman–Crippen MR) is 124 cm³/mol. The average molecular weight is 508 g/mol. The summed E-state index contributed by atoms with van der Waals surface area (Å²) in [7, 11) is 1.93. The number of hydrogen-bond donors (Lipinski definition) is 2. The van der Waals surface area contributed by atoms with Crippen LogP contribution in [0.25, 0.3) is 0 Å². The van der Waals surface area contributed by atoms with Gasteiger partial charge in [0.15, 0.2) is 11.8 Å². The lowest BCUT2D eigenvalue weighted by atomic mass is 10.1. The molecule has 0 aliphatic rings. The molecule has 1 aromatic heterocycles. The number of rotatable bonds is 6. The van der Waals surface area contributed by atoms with Crippen molar-refractivity contribution in [2.45, 2.75) is 33.0 Å². The lowest BCUT2D eigenvalue weighted by Gasteiger charge is -2.18. The van der Waals surface area contributed by atoms with Gasteiger partial charge in [0.05, 0.1) is 19.1 Å². The first-order chi connectivity index (χ1) is 13.5. The summed E-state index contributed by atoms with van der Waals surface area (Å²) >= 11 is 0. The van der Waals surface area contributed by atoms with Crippen LogP contribution >= 0.6 is 24.0 Å². The number of guanidine groups is 1. The molecule has 0 aliphatic carbocycles. The largest absolute Gasteiger partial charge is 0.350 e. The standard InChI is InChI=1S/C21H25FN6.HI/c1-15(18-7-5-4-6-8-18)25-21(23-13-17-9-11-19(22)12-10-17)24-14-20-27-26-16(2)28(20)3;/h4-12,15H,13-14H2,1-3H3,(H2,23,24,25);1H. The molecule has 3 rings (SSSR count). The number of aryl methyl sites for hydroxylation is 1. The van der Waals surface area contributed by atoms with E-state index < -0.39 is 0 Å². The molecule has 0 saturated heterocycles. The topological polar surface area (TPSA) is 67.1 Å². The van der Waals surface area contributed by atoms with Gasteiger partial charge in [-0.25, -0.2) is 9.38 Å². The van der Waals surface area contributed by atoms with Gasteiger partial charge in [-0.3, -0.25) is 0 Å². The molecule has 1 heterocycles. The van der Waals surface area contributed by atoms with E-state index in [1.807, 2.05) is 36.7 Å². The van der Waals surface area contributed by atoms with Crippen LogP contribution in [0.2, 0.25) is 0 Å². The van der Waals surface area contributed by atoms with Crippen molar-refractivity contribution in [3.8, 4) is 0 Å². The van der Waals surface area contributed by atoms with Crippen LogP contribution in [0, 0.1) is 12.7 Å². The lowest BCUT2D eigenvalue weighted by molar-refractivity contribution is 0.627. The molecule has 0 bridgehead atoms. The molecule has 8 heteroatoms. The first kappa shape index (κ1) is 22.8. The Morgan fingerprint density at radius 3 is 2.41 bits per heavy atom. The zero-order valence-electron chi connectivity index (χ0n) is 16.8. The van der Waals surface area contributed by atoms with Gasteiger partial charge in [-0.05, 0) is 37.1 Å². The Bertz CT molecular complexity index is 924. The van der Waals surface area contributed by atoms with E-state index in [9.17, 15) is 4.39 Å². The van der Waals surface area contributed by atoms with Crippen molar-refractivity contribution >= 4 is 29.9 Å². The molecular weight excluding hydrogens is 482 g/mol. The Morgan fingerprint density at radius 2 is 1.79 bits per heavy atom. The first-order valence-electron chi connectivity index (χ1n) is 9.22. The van der Waals surface area contributed by atoms with Crippen LogP contribution in [0.3, 0.4) is 0 Å². The van der Waals surface area contributed by atoms with Crippen LogP contribution < -0.4 is 10.6 Å². The molecule has 0 radical (unpaired) electrons. The number of nitrogens with one attached hydrogen (secondary N) is 2. The molecule has 154 valence electrons. The van der Waals surface area contributed by atoms with Crippen molar-refractivity contribution in [2.24, 2.45) is 12.0 Å². The predicted octanol–water partition coefficient (Wildman–Crippen LogP) is 3.88. The Balaban J connectivity index is 0.00000300. The third kappa shape index (κ3) is 6.52. The first-order valence-corrected chi connectivity index (χ1v) is 9.22. The molecule has 2 N–H and O–H groups in total. The fraction of sp³-hybridized carbons (Fsp3) is 0.286. The molecule has 1 unspecified atom stereocenters. The molecule has 0 amide bonds. The maximum atomic E-state index is 13.1. The minimum absolute atomic E-state index is 0. The van der Waals surface area contributed by atoms with Crippen LogP contribution in [0.5, 0.6) is 0 Å². The van der Waals surface area contributed by atoms with Gasteiger partial charge in [-0.15, -0.1) is 34.2 Å². The third-order valence-corrected chi connectivity index (χ3v) is 4.58. The summed E-state index contributed by atoms with van der Waals surface area (Å²) < 4.78 is 15.1. The van der Waals surface area contributed by atoms with Gasteiger partial charge in [0.25, 0.3) is 0 Å². The fourth-order valence-electron chi connectivity index (χ4n) is 2.71. The Hall–Kier alpha value is -2.49. The minimum Gasteiger partial charge on any atom is -0.350 e. The van der Waals surface area contributed by atoms with E-state index in [0.717, 1.165) is 22.8 Å².